The van der Waals surface area contributed by atoms with Crippen molar-refractivity contribution in [3.8, 4) is 0 Å². The van der Waals surface area contributed by atoms with Crippen LogP contribution in [0.5, 0.6) is 0 Å². The van der Waals surface area contributed by atoms with Crippen molar-refractivity contribution >= 4 is 16.5 Å². The number of thiazole rings is 1. The highest BCUT2D eigenvalue weighted by atomic mass is 32.1. The molecule has 2 atom stereocenters. The van der Waals surface area contributed by atoms with Gasteiger partial charge in [-0.15, -0.1) is 11.3 Å². The summed E-state index contributed by atoms with van der Waals surface area (Å²) in [6.45, 7) is 3.68. The first-order valence-electron chi connectivity index (χ1n) is 5.62. The van der Waals surface area contributed by atoms with Gasteiger partial charge in [0.15, 0.2) is 5.13 Å². The maximum Gasteiger partial charge on any atom is 0.185 e. The third-order valence-electron chi connectivity index (χ3n) is 2.92. The van der Waals surface area contributed by atoms with Crippen LogP contribution in [-0.4, -0.2) is 36.4 Å². The fraction of sp³-hybridized carbons (Fsp3) is 0.727. The van der Waals surface area contributed by atoms with Gasteiger partial charge < -0.3 is 14.7 Å². The first kappa shape index (κ1) is 11.8. The van der Waals surface area contributed by atoms with E-state index in [9.17, 15) is 5.11 Å². The van der Waals surface area contributed by atoms with E-state index in [4.69, 9.17) is 4.74 Å². The molecular formula is C11H18N2O2S. The SMILES string of the molecule is COC1CCCN(c2nc(C(C)O)cs2)C1. The zero-order valence-corrected chi connectivity index (χ0v) is 10.5. The summed E-state index contributed by atoms with van der Waals surface area (Å²) in [4.78, 5) is 6.69. The predicted octanol–water partition coefficient (Wildman–Crippen LogP) is 1.81. The first-order chi connectivity index (χ1) is 7.70. The number of anilines is 1. The fourth-order valence-corrected chi connectivity index (χ4v) is 2.87. The fourth-order valence-electron chi connectivity index (χ4n) is 1.92. The minimum absolute atomic E-state index is 0.313. The number of hydrogen-bond donors (Lipinski definition) is 1. The average Bonchev–Trinajstić information content (AvgIpc) is 2.78. The van der Waals surface area contributed by atoms with Gasteiger partial charge in [-0.05, 0) is 19.8 Å². The minimum Gasteiger partial charge on any atom is -0.387 e. The van der Waals surface area contributed by atoms with E-state index in [0.29, 0.717) is 6.10 Å². The van der Waals surface area contributed by atoms with E-state index in [1.807, 2.05) is 5.38 Å². The van der Waals surface area contributed by atoms with Gasteiger partial charge in [-0.2, -0.15) is 0 Å². The minimum atomic E-state index is -0.479. The van der Waals surface area contributed by atoms with Crippen LogP contribution in [0.4, 0.5) is 5.13 Å². The standard InChI is InChI=1S/C11H18N2O2S/c1-8(14)10-7-16-11(12-10)13-5-3-4-9(6-13)15-2/h7-9,14H,3-6H2,1-2H3. The molecule has 0 bridgehead atoms. The van der Waals surface area contributed by atoms with Gasteiger partial charge >= 0.3 is 0 Å². The van der Waals surface area contributed by atoms with E-state index in [1.54, 1.807) is 25.4 Å². The number of ether oxygens (including phenoxy) is 1. The Morgan fingerprint density at radius 1 is 1.69 bits per heavy atom. The van der Waals surface area contributed by atoms with Crippen molar-refractivity contribution in [1.82, 2.24) is 4.98 Å². The molecule has 0 amide bonds. The lowest BCUT2D eigenvalue weighted by Crippen LogP contribution is -2.39. The van der Waals surface area contributed by atoms with Crippen molar-refractivity contribution in [2.24, 2.45) is 0 Å². The molecule has 1 N–H and O–H groups in total. The maximum absolute atomic E-state index is 9.43. The molecule has 1 aromatic heterocycles. The lowest BCUT2D eigenvalue weighted by molar-refractivity contribution is 0.0893. The molecule has 0 saturated carbocycles. The number of hydrogen-bond acceptors (Lipinski definition) is 5. The molecule has 1 aliphatic heterocycles. The van der Waals surface area contributed by atoms with Gasteiger partial charge in [-0.3, -0.25) is 0 Å². The highest BCUT2D eigenvalue weighted by Gasteiger charge is 2.22. The van der Waals surface area contributed by atoms with Gasteiger partial charge in [0.1, 0.15) is 0 Å². The van der Waals surface area contributed by atoms with E-state index in [1.165, 1.54) is 0 Å². The Kier molecular flexibility index (Phi) is 3.78. The van der Waals surface area contributed by atoms with Gasteiger partial charge in [-0.25, -0.2) is 4.98 Å². The Morgan fingerprint density at radius 2 is 2.50 bits per heavy atom. The molecule has 1 aromatic rings. The van der Waals surface area contributed by atoms with E-state index < -0.39 is 6.10 Å². The van der Waals surface area contributed by atoms with Crippen LogP contribution in [0, 0.1) is 0 Å². The number of aliphatic hydroxyl groups is 1. The van der Waals surface area contributed by atoms with Crippen LogP contribution in [0.2, 0.25) is 0 Å². The van der Waals surface area contributed by atoms with Gasteiger partial charge in [0.25, 0.3) is 0 Å². The van der Waals surface area contributed by atoms with Crippen LogP contribution in [0.25, 0.3) is 0 Å². The Labute approximate surface area is 99.9 Å². The second-order valence-electron chi connectivity index (χ2n) is 4.18. The Hall–Kier alpha value is -0.650. The predicted molar refractivity (Wildman–Crippen MR) is 65.0 cm³/mol. The lowest BCUT2D eigenvalue weighted by atomic mass is 10.1. The molecule has 5 heteroatoms. The molecule has 1 saturated heterocycles. The van der Waals surface area contributed by atoms with E-state index >= 15 is 0 Å². The lowest BCUT2D eigenvalue weighted by Gasteiger charge is -2.31. The molecule has 2 rings (SSSR count). The first-order valence-corrected chi connectivity index (χ1v) is 6.50. The molecule has 2 heterocycles. The average molecular weight is 242 g/mol. The third-order valence-corrected chi connectivity index (χ3v) is 3.84. The monoisotopic (exact) mass is 242 g/mol. The smallest absolute Gasteiger partial charge is 0.185 e. The number of aliphatic hydroxyl groups excluding tert-OH is 1. The summed E-state index contributed by atoms with van der Waals surface area (Å²) in [6.07, 6.45) is 2.10. The third kappa shape index (κ3) is 2.53. The molecule has 1 aliphatic rings. The summed E-state index contributed by atoms with van der Waals surface area (Å²) in [5.74, 6) is 0. The van der Waals surface area contributed by atoms with Gasteiger partial charge in [0.05, 0.1) is 17.9 Å². The Morgan fingerprint density at radius 3 is 3.12 bits per heavy atom. The van der Waals surface area contributed by atoms with Crippen molar-refractivity contribution in [3.63, 3.8) is 0 Å². The molecule has 0 aliphatic carbocycles. The molecule has 0 aromatic carbocycles. The normalized spacial score (nSPS) is 23.4. The molecule has 0 spiro atoms. The number of piperidine rings is 1. The van der Waals surface area contributed by atoms with Gasteiger partial charge in [0.2, 0.25) is 0 Å². The summed E-state index contributed by atoms with van der Waals surface area (Å²) in [6, 6.07) is 0. The van der Waals surface area contributed by atoms with Crippen LogP contribution in [0.1, 0.15) is 31.6 Å². The Balaban J connectivity index is 2.05. The van der Waals surface area contributed by atoms with E-state index in [-0.39, 0.29) is 0 Å². The van der Waals surface area contributed by atoms with E-state index in [2.05, 4.69) is 9.88 Å². The number of aromatic nitrogens is 1. The highest BCUT2D eigenvalue weighted by molar-refractivity contribution is 7.13. The molecule has 90 valence electrons. The van der Waals surface area contributed by atoms with Gasteiger partial charge in [-0.1, -0.05) is 0 Å². The summed E-state index contributed by atoms with van der Waals surface area (Å²) in [7, 11) is 1.76. The zero-order valence-electron chi connectivity index (χ0n) is 9.72. The molecule has 4 nitrogen and oxygen atoms in total. The second kappa shape index (κ2) is 5.12. The number of rotatable bonds is 3. The van der Waals surface area contributed by atoms with Crippen LogP contribution in [0.3, 0.4) is 0 Å². The molecular weight excluding hydrogens is 224 g/mol. The van der Waals surface area contributed by atoms with Crippen molar-refractivity contribution in [2.75, 3.05) is 25.1 Å². The van der Waals surface area contributed by atoms with Crippen LogP contribution >= 0.6 is 11.3 Å². The molecule has 1 fully saturated rings. The molecule has 0 radical (unpaired) electrons. The zero-order chi connectivity index (χ0) is 11.5. The second-order valence-corrected chi connectivity index (χ2v) is 5.01. The highest BCUT2D eigenvalue weighted by Crippen LogP contribution is 2.26. The number of methoxy groups -OCH3 is 1. The summed E-state index contributed by atoms with van der Waals surface area (Å²) >= 11 is 1.60. The molecule has 16 heavy (non-hydrogen) atoms. The summed E-state index contributed by atoms with van der Waals surface area (Å²) in [5.41, 5.74) is 0.763. The number of nitrogens with zero attached hydrogens (tertiary/aromatic N) is 2. The Bertz CT molecular complexity index is 340. The van der Waals surface area contributed by atoms with Crippen molar-refractivity contribution in [3.05, 3.63) is 11.1 Å². The summed E-state index contributed by atoms with van der Waals surface area (Å²) in [5, 5.41) is 12.4. The van der Waals surface area contributed by atoms with Gasteiger partial charge in [0, 0.05) is 25.6 Å². The molecule has 2 unspecified atom stereocenters. The quantitative estimate of drug-likeness (QED) is 0.878. The summed E-state index contributed by atoms with van der Waals surface area (Å²) < 4.78 is 5.38. The van der Waals surface area contributed by atoms with Crippen LogP contribution in [-0.2, 0) is 4.74 Å². The largest absolute Gasteiger partial charge is 0.387 e. The van der Waals surface area contributed by atoms with E-state index in [0.717, 1.165) is 36.8 Å². The topological polar surface area (TPSA) is 45.6 Å². The maximum atomic E-state index is 9.43. The van der Waals surface area contributed by atoms with Crippen LogP contribution < -0.4 is 4.90 Å². The van der Waals surface area contributed by atoms with Crippen molar-refractivity contribution in [2.45, 2.75) is 32.0 Å². The van der Waals surface area contributed by atoms with Crippen molar-refractivity contribution in [1.29, 1.82) is 0 Å². The van der Waals surface area contributed by atoms with Crippen LogP contribution in [0.15, 0.2) is 5.38 Å². The van der Waals surface area contributed by atoms with Crippen molar-refractivity contribution < 1.29 is 9.84 Å².